The fourth-order valence-corrected chi connectivity index (χ4v) is 4.57. The van der Waals surface area contributed by atoms with Gasteiger partial charge in [-0.25, -0.2) is 0 Å². The molecule has 2 heterocycles. The molecule has 0 radical (unpaired) electrons. The number of carbonyl (C=O) groups is 2. The van der Waals surface area contributed by atoms with Crippen molar-refractivity contribution in [1.82, 2.24) is 4.98 Å². The van der Waals surface area contributed by atoms with E-state index in [1.807, 2.05) is 32.0 Å². The van der Waals surface area contributed by atoms with Gasteiger partial charge in [0, 0.05) is 17.4 Å². The molecular formula is C25H20Cl2N2O4. The number of ether oxygens (including phenoxy) is 1. The van der Waals surface area contributed by atoms with E-state index in [1.165, 1.54) is 24.1 Å². The SMILES string of the molecule is COc1c(Cl)cc(/C(O)=C2\C(=O)C(=O)N(c3cc(C)ccc3C)C2c2ccccn2)cc1Cl. The highest BCUT2D eigenvalue weighted by atomic mass is 35.5. The average Bonchev–Trinajstić information content (AvgIpc) is 3.06. The molecule has 0 bridgehead atoms. The van der Waals surface area contributed by atoms with E-state index in [-0.39, 0.29) is 26.9 Å². The van der Waals surface area contributed by atoms with Crippen molar-refractivity contribution in [2.24, 2.45) is 0 Å². The molecule has 168 valence electrons. The lowest BCUT2D eigenvalue weighted by molar-refractivity contribution is -0.132. The van der Waals surface area contributed by atoms with Crippen LogP contribution in [0.5, 0.6) is 5.75 Å². The fraction of sp³-hybridized carbons (Fsp3) is 0.160. The zero-order valence-electron chi connectivity index (χ0n) is 18.1. The van der Waals surface area contributed by atoms with Crippen LogP contribution in [0.4, 0.5) is 5.69 Å². The fourth-order valence-electron chi connectivity index (χ4n) is 3.92. The van der Waals surface area contributed by atoms with Gasteiger partial charge < -0.3 is 9.84 Å². The van der Waals surface area contributed by atoms with Crippen LogP contribution in [0.2, 0.25) is 10.0 Å². The predicted octanol–water partition coefficient (Wildman–Crippen LogP) is 5.64. The maximum Gasteiger partial charge on any atom is 0.300 e. The molecule has 6 nitrogen and oxygen atoms in total. The van der Waals surface area contributed by atoms with Crippen molar-refractivity contribution in [3.8, 4) is 5.75 Å². The molecule has 1 atom stereocenters. The predicted molar refractivity (Wildman–Crippen MR) is 128 cm³/mol. The number of amides is 1. The summed E-state index contributed by atoms with van der Waals surface area (Å²) in [6, 6.07) is 12.8. The normalized spacial score (nSPS) is 17.5. The van der Waals surface area contributed by atoms with Gasteiger partial charge in [-0.2, -0.15) is 0 Å². The summed E-state index contributed by atoms with van der Waals surface area (Å²) in [5.74, 6) is -1.74. The first-order valence-corrected chi connectivity index (χ1v) is 10.8. The van der Waals surface area contributed by atoms with E-state index in [0.717, 1.165) is 11.1 Å². The Labute approximate surface area is 201 Å². The first kappa shape index (κ1) is 22.8. The number of Topliss-reactive ketones (excluding diaryl/α,β-unsaturated/α-hetero) is 1. The Morgan fingerprint density at radius 3 is 2.36 bits per heavy atom. The zero-order valence-corrected chi connectivity index (χ0v) is 19.6. The largest absolute Gasteiger partial charge is 0.507 e. The molecule has 4 rings (SSSR count). The molecule has 1 amide bonds. The van der Waals surface area contributed by atoms with Crippen LogP contribution in [0.25, 0.3) is 5.76 Å². The van der Waals surface area contributed by atoms with Crippen molar-refractivity contribution in [3.63, 3.8) is 0 Å². The van der Waals surface area contributed by atoms with Gasteiger partial charge in [-0.15, -0.1) is 0 Å². The van der Waals surface area contributed by atoms with E-state index in [0.29, 0.717) is 11.4 Å². The molecule has 33 heavy (non-hydrogen) atoms. The first-order chi connectivity index (χ1) is 15.7. The summed E-state index contributed by atoms with van der Waals surface area (Å²) >= 11 is 12.5. The molecule has 0 saturated carbocycles. The van der Waals surface area contributed by atoms with E-state index in [1.54, 1.807) is 24.4 Å². The van der Waals surface area contributed by atoms with Crippen molar-refractivity contribution < 1.29 is 19.4 Å². The summed E-state index contributed by atoms with van der Waals surface area (Å²) in [5.41, 5.74) is 2.81. The summed E-state index contributed by atoms with van der Waals surface area (Å²) in [4.78, 5) is 32.3. The number of aliphatic hydroxyl groups excluding tert-OH is 1. The van der Waals surface area contributed by atoms with Crippen LogP contribution in [0.3, 0.4) is 0 Å². The van der Waals surface area contributed by atoms with E-state index < -0.39 is 23.5 Å². The Balaban J connectivity index is 1.98. The van der Waals surface area contributed by atoms with Gasteiger partial charge in [0.25, 0.3) is 11.7 Å². The van der Waals surface area contributed by atoms with Gasteiger partial charge >= 0.3 is 0 Å². The summed E-state index contributed by atoms with van der Waals surface area (Å²) < 4.78 is 5.16. The number of pyridine rings is 1. The Hall–Kier alpha value is -3.35. The molecule has 3 aromatic rings. The van der Waals surface area contributed by atoms with E-state index in [4.69, 9.17) is 27.9 Å². The highest BCUT2D eigenvalue weighted by molar-refractivity contribution is 6.52. The number of carbonyl (C=O) groups excluding carboxylic acids is 2. The van der Waals surface area contributed by atoms with Gasteiger partial charge in [0.1, 0.15) is 11.8 Å². The van der Waals surface area contributed by atoms with Gasteiger partial charge in [0.15, 0.2) is 5.75 Å². The number of aryl methyl sites for hydroxylation is 2. The van der Waals surface area contributed by atoms with Crippen LogP contribution in [-0.4, -0.2) is 28.9 Å². The number of aliphatic hydroxyl groups is 1. The third-order valence-corrected chi connectivity index (χ3v) is 6.07. The van der Waals surface area contributed by atoms with Gasteiger partial charge in [0.2, 0.25) is 0 Å². The van der Waals surface area contributed by atoms with Gasteiger partial charge in [0.05, 0.1) is 28.4 Å². The molecule has 1 aliphatic rings. The number of methoxy groups -OCH3 is 1. The smallest absolute Gasteiger partial charge is 0.300 e. The van der Waals surface area contributed by atoms with E-state index in [2.05, 4.69) is 4.98 Å². The number of rotatable bonds is 4. The lowest BCUT2D eigenvalue weighted by Gasteiger charge is -2.26. The lowest BCUT2D eigenvalue weighted by atomic mass is 9.97. The summed E-state index contributed by atoms with van der Waals surface area (Å²) in [6.45, 7) is 3.75. The zero-order chi connectivity index (χ0) is 23.9. The van der Waals surface area contributed by atoms with E-state index in [9.17, 15) is 14.7 Å². The third-order valence-electron chi connectivity index (χ3n) is 5.51. The molecule has 8 heteroatoms. The highest BCUT2D eigenvalue weighted by Crippen LogP contribution is 2.44. The number of anilines is 1. The van der Waals surface area contributed by atoms with Crippen LogP contribution in [0.1, 0.15) is 28.4 Å². The monoisotopic (exact) mass is 482 g/mol. The summed E-state index contributed by atoms with van der Waals surface area (Å²) in [7, 11) is 1.42. The van der Waals surface area contributed by atoms with Crippen LogP contribution in [0.15, 0.2) is 60.3 Å². The first-order valence-electron chi connectivity index (χ1n) is 10.1. The quantitative estimate of drug-likeness (QED) is 0.295. The van der Waals surface area contributed by atoms with Crippen LogP contribution in [-0.2, 0) is 9.59 Å². The molecule has 1 fully saturated rings. The molecule has 1 unspecified atom stereocenters. The lowest BCUT2D eigenvalue weighted by Crippen LogP contribution is -2.30. The molecule has 0 aliphatic carbocycles. The van der Waals surface area contributed by atoms with Crippen molar-refractivity contribution in [3.05, 3.63) is 92.7 Å². The van der Waals surface area contributed by atoms with Crippen LogP contribution >= 0.6 is 23.2 Å². The number of benzene rings is 2. The molecular weight excluding hydrogens is 463 g/mol. The summed E-state index contributed by atoms with van der Waals surface area (Å²) in [6.07, 6.45) is 1.57. The van der Waals surface area contributed by atoms with Crippen LogP contribution in [0, 0.1) is 13.8 Å². The second-order valence-electron chi connectivity index (χ2n) is 7.69. The molecule has 1 saturated heterocycles. The van der Waals surface area contributed by atoms with Crippen molar-refractivity contribution in [2.75, 3.05) is 12.0 Å². The van der Waals surface area contributed by atoms with Crippen molar-refractivity contribution >= 4 is 46.3 Å². The second-order valence-corrected chi connectivity index (χ2v) is 8.50. The topological polar surface area (TPSA) is 79.7 Å². The second kappa shape index (κ2) is 8.89. The minimum Gasteiger partial charge on any atom is -0.507 e. The van der Waals surface area contributed by atoms with Crippen molar-refractivity contribution in [1.29, 1.82) is 0 Å². The maximum absolute atomic E-state index is 13.3. The Kier molecular flexibility index (Phi) is 6.15. The number of ketones is 1. The molecule has 2 aromatic carbocycles. The van der Waals surface area contributed by atoms with E-state index >= 15 is 0 Å². The Bertz CT molecular complexity index is 1280. The molecule has 1 aromatic heterocycles. The minimum absolute atomic E-state index is 0.100. The van der Waals surface area contributed by atoms with Gasteiger partial charge in [-0.05, 0) is 55.3 Å². The average molecular weight is 483 g/mol. The van der Waals surface area contributed by atoms with Gasteiger partial charge in [-0.3, -0.25) is 19.5 Å². The molecule has 0 spiro atoms. The minimum atomic E-state index is -0.939. The molecule has 1 N–H and O–H groups in total. The van der Waals surface area contributed by atoms with Crippen molar-refractivity contribution in [2.45, 2.75) is 19.9 Å². The number of nitrogens with zero attached hydrogens (tertiary/aromatic N) is 2. The highest BCUT2D eigenvalue weighted by Gasteiger charge is 2.48. The Morgan fingerprint density at radius 1 is 1.06 bits per heavy atom. The number of aromatic nitrogens is 1. The molecule has 1 aliphatic heterocycles. The van der Waals surface area contributed by atoms with Gasteiger partial charge in [-0.1, -0.05) is 41.4 Å². The third kappa shape index (κ3) is 3.96. The maximum atomic E-state index is 13.3. The number of hydrogen-bond donors (Lipinski definition) is 1. The number of halogens is 2. The van der Waals surface area contributed by atoms with Crippen LogP contribution < -0.4 is 9.64 Å². The Morgan fingerprint density at radius 2 is 1.76 bits per heavy atom. The number of hydrogen-bond acceptors (Lipinski definition) is 5. The summed E-state index contributed by atoms with van der Waals surface area (Å²) in [5, 5.41) is 11.5. The standard InChI is InChI=1S/C25H20Cl2N2O4/c1-13-7-8-14(2)19(10-13)29-21(18-6-4-5-9-28-18)20(23(31)25(29)32)22(30)15-11-16(26)24(33-3)17(27)12-15/h4-12,21,30H,1-3H3/b22-20+.